The Kier molecular flexibility index (Phi) is 10.4. The van der Waals surface area contributed by atoms with E-state index in [1.54, 1.807) is 5.57 Å². The van der Waals surface area contributed by atoms with Crippen LogP contribution in [-0.2, 0) is 0 Å². The molecule has 0 amide bonds. The van der Waals surface area contributed by atoms with Crippen molar-refractivity contribution in [3.63, 3.8) is 0 Å². The second-order valence-electron chi connectivity index (χ2n) is 6.90. The van der Waals surface area contributed by atoms with Crippen LogP contribution in [0.4, 0.5) is 5.69 Å². The highest BCUT2D eigenvalue weighted by molar-refractivity contribution is 5.87. The summed E-state index contributed by atoms with van der Waals surface area (Å²) in [5.41, 5.74) is 8.98. The molecular weight excluding hydrogens is 326 g/mol. The van der Waals surface area contributed by atoms with Gasteiger partial charge in [0.2, 0.25) is 0 Å². The third-order valence-electron chi connectivity index (χ3n) is 4.26. The molecular formula is C26H37N. The molecule has 0 saturated heterocycles. The predicted octanol–water partition coefficient (Wildman–Crippen LogP) is 8.54. The maximum Gasteiger partial charge on any atom is 0.0664 e. The summed E-state index contributed by atoms with van der Waals surface area (Å²) in [6, 6.07) is 17.3. The van der Waals surface area contributed by atoms with Crippen LogP contribution in [0.2, 0.25) is 0 Å². The molecule has 0 spiro atoms. The molecule has 1 aliphatic rings. The summed E-state index contributed by atoms with van der Waals surface area (Å²) in [6.07, 6.45) is 5.09. The van der Waals surface area contributed by atoms with Gasteiger partial charge in [-0.15, -0.1) is 0 Å². The summed E-state index contributed by atoms with van der Waals surface area (Å²) < 4.78 is 0. The van der Waals surface area contributed by atoms with E-state index in [4.69, 9.17) is 0 Å². The van der Waals surface area contributed by atoms with E-state index in [1.807, 2.05) is 27.7 Å². The molecule has 0 radical (unpaired) electrons. The molecule has 1 saturated carbocycles. The second-order valence-corrected chi connectivity index (χ2v) is 6.90. The summed E-state index contributed by atoms with van der Waals surface area (Å²) >= 11 is 0. The molecule has 0 bridgehead atoms. The number of nitrogens with zero attached hydrogens (tertiary/aromatic N) is 1. The third-order valence-corrected chi connectivity index (χ3v) is 4.26. The monoisotopic (exact) mass is 363 g/mol. The third kappa shape index (κ3) is 7.54. The molecule has 0 unspecified atom stereocenters. The Labute approximate surface area is 167 Å². The fraction of sp³-hybridized carbons (Fsp3) is 0.423. The number of allylic oxidation sites excluding steroid dienone is 1. The summed E-state index contributed by atoms with van der Waals surface area (Å²) in [5.74, 6) is 0. The zero-order valence-electron chi connectivity index (χ0n) is 18.4. The Bertz CT molecular complexity index is 739. The van der Waals surface area contributed by atoms with E-state index >= 15 is 0 Å². The molecule has 2 aromatic rings. The standard InChI is InChI=1S/C20H21N.C4H10.C2H6/c1-14(2)21-19-13-18(10-9-15(19)3)20(17-11-12-17)16-7-5-4-6-8-16;1-3-4-2;1-2/h4-10,13H,11-12H2,1-3H3;3-4H2,1-2H3;1-2H3. The van der Waals surface area contributed by atoms with Gasteiger partial charge in [0, 0.05) is 5.71 Å². The van der Waals surface area contributed by atoms with E-state index in [1.165, 1.54) is 47.9 Å². The maximum absolute atomic E-state index is 4.67. The fourth-order valence-corrected chi connectivity index (χ4v) is 2.62. The zero-order chi connectivity index (χ0) is 20.2. The van der Waals surface area contributed by atoms with Gasteiger partial charge in [-0.1, -0.05) is 88.6 Å². The molecule has 146 valence electrons. The van der Waals surface area contributed by atoms with Crippen LogP contribution >= 0.6 is 0 Å². The first-order chi connectivity index (χ1) is 13.1. The van der Waals surface area contributed by atoms with E-state index in [2.05, 4.69) is 74.3 Å². The second kappa shape index (κ2) is 12.3. The van der Waals surface area contributed by atoms with E-state index in [0.717, 1.165) is 11.4 Å². The topological polar surface area (TPSA) is 12.4 Å². The number of unbranched alkanes of at least 4 members (excludes halogenated alkanes) is 1. The Morgan fingerprint density at radius 1 is 0.852 bits per heavy atom. The van der Waals surface area contributed by atoms with Crippen molar-refractivity contribution < 1.29 is 0 Å². The molecule has 1 heteroatoms. The average molecular weight is 364 g/mol. The summed E-state index contributed by atoms with van der Waals surface area (Å²) in [7, 11) is 0. The van der Waals surface area contributed by atoms with Crippen LogP contribution in [0.15, 0.2) is 59.1 Å². The molecule has 27 heavy (non-hydrogen) atoms. The number of hydrogen-bond donors (Lipinski definition) is 0. The zero-order valence-corrected chi connectivity index (χ0v) is 18.4. The summed E-state index contributed by atoms with van der Waals surface area (Å²) in [6.45, 7) is 14.6. The van der Waals surface area contributed by atoms with Crippen LogP contribution in [0.5, 0.6) is 0 Å². The molecule has 0 atom stereocenters. The highest BCUT2D eigenvalue weighted by Gasteiger charge is 2.20. The highest BCUT2D eigenvalue weighted by Crippen LogP contribution is 2.41. The number of rotatable bonds is 4. The van der Waals surface area contributed by atoms with E-state index in [0.29, 0.717) is 0 Å². The van der Waals surface area contributed by atoms with Gasteiger partial charge < -0.3 is 0 Å². The van der Waals surface area contributed by atoms with Gasteiger partial charge in [-0.3, -0.25) is 4.99 Å². The van der Waals surface area contributed by atoms with Crippen molar-refractivity contribution in [1.29, 1.82) is 0 Å². The van der Waals surface area contributed by atoms with Crippen LogP contribution in [-0.4, -0.2) is 5.71 Å². The van der Waals surface area contributed by atoms with Crippen molar-refractivity contribution in [2.75, 3.05) is 0 Å². The lowest BCUT2D eigenvalue weighted by molar-refractivity contribution is 0.886. The van der Waals surface area contributed by atoms with E-state index < -0.39 is 0 Å². The SMILES string of the molecule is CC.CC(C)=Nc1cc(C(=C2CC2)c2ccccc2)ccc1C.CCCC. The Morgan fingerprint density at radius 2 is 1.44 bits per heavy atom. The lowest BCUT2D eigenvalue weighted by Crippen LogP contribution is -1.90. The fourth-order valence-electron chi connectivity index (χ4n) is 2.62. The normalized spacial score (nSPS) is 11.4. The first-order valence-corrected chi connectivity index (χ1v) is 10.5. The Morgan fingerprint density at radius 3 is 1.93 bits per heavy atom. The van der Waals surface area contributed by atoms with Crippen LogP contribution in [0, 0.1) is 6.92 Å². The molecule has 3 rings (SSSR count). The Balaban J connectivity index is 0.000000541. The predicted molar refractivity (Wildman–Crippen MR) is 123 cm³/mol. The van der Waals surface area contributed by atoms with Crippen molar-refractivity contribution in [3.8, 4) is 0 Å². The van der Waals surface area contributed by atoms with E-state index in [9.17, 15) is 0 Å². The van der Waals surface area contributed by atoms with Crippen molar-refractivity contribution in [1.82, 2.24) is 0 Å². The molecule has 0 aromatic heterocycles. The van der Waals surface area contributed by atoms with Gasteiger partial charge in [0.15, 0.2) is 0 Å². The molecule has 1 fully saturated rings. The molecule has 0 aliphatic heterocycles. The van der Waals surface area contributed by atoms with Gasteiger partial charge in [0.25, 0.3) is 0 Å². The van der Waals surface area contributed by atoms with E-state index in [-0.39, 0.29) is 0 Å². The van der Waals surface area contributed by atoms with Crippen molar-refractivity contribution in [2.45, 2.75) is 74.1 Å². The van der Waals surface area contributed by atoms with Crippen molar-refractivity contribution in [3.05, 3.63) is 70.8 Å². The minimum absolute atomic E-state index is 1.09. The number of aryl methyl sites for hydroxylation is 1. The minimum atomic E-state index is 1.09. The maximum atomic E-state index is 4.67. The summed E-state index contributed by atoms with van der Waals surface area (Å²) in [4.78, 5) is 4.67. The first-order valence-electron chi connectivity index (χ1n) is 10.5. The molecule has 0 N–H and O–H groups in total. The van der Waals surface area contributed by atoms with Gasteiger partial charge in [-0.25, -0.2) is 0 Å². The van der Waals surface area contributed by atoms with Crippen LogP contribution < -0.4 is 0 Å². The summed E-state index contributed by atoms with van der Waals surface area (Å²) in [5, 5.41) is 0. The number of aliphatic imine (C=N–C) groups is 1. The number of benzene rings is 2. The lowest BCUT2D eigenvalue weighted by Gasteiger charge is -2.11. The van der Waals surface area contributed by atoms with Gasteiger partial charge in [0.05, 0.1) is 5.69 Å². The molecule has 1 aliphatic carbocycles. The largest absolute Gasteiger partial charge is 0.258 e. The Hall–Kier alpha value is -2.15. The first kappa shape index (κ1) is 22.9. The van der Waals surface area contributed by atoms with Gasteiger partial charge in [-0.05, 0) is 61.9 Å². The van der Waals surface area contributed by atoms with Gasteiger partial charge in [-0.2, -0.15) is 0 Å². The molecule has 2 aromatic carbocycles. The number of hydrogen-bond acceptors (Lipinski definition) is 1. The van der Waals surface area contributed by atoms with Gasteiger partial charge >= 0.3 is 0 Å². The highest BCUT2D eigenvalue weighted by atomic mass is 14.7. The van der Waals surface area contributed by atoms with Crippen LogP contribution in [0.3, 0.4) is 0 Å². The lowest BCUT2D eigenvalue weighted by atomic mass is 9.95. The quantitative estimate of drug-likeness (QED) is 0.482. The van der Waals surface area contributed by atoms with Crippen molar-refractivity contribution >= 4 is 17.0 Å². The molecule has 0 heterocycles. The van der Waals surface area contributed by atoms with Crippen molar-refractivity contribution in [2.24, 2.45) is 4.99 Å². The minimum Gasteiger partial charge on any atom is -0.258 e. The average Bonchev–Trinajstić information content (AvgIpc) is 3.52. The van der Waals surface area contributed by atoms with Crippen LogP contribution in [0.1, 0.15) is 83.9 Å². The van der Waals surface area contributed by atoms with Crippen LogP contribution in [0.25, 0.3) is 5.57 Å². The molecule has 1 nitrogen and oxygen atoms in total. The smallest absolute Gasteiger partial charge is 0.0664 e. The van der Waals surface area contributed by atoms with Gasteiger partial charge in [0.1, 0.15) is 0 Å².